The van der Waals surface area contributed by atoms with Gasteiger partial charge in [-0.25, -0.2) is 0 Å². The molecule has 0 saturated heterocycles. The minimum atomic E-state index is -0.396. The van der Waals surface area contributed by atoms with Crippen LogP contribution in [0.2, 0.25) is 0 Å². The quantitative estimate of drug-likeness (QED) is 0.380. The maximum absolute atomic E-state index is 11.0. The van der Waals surface area contributed by atoms with E-state index in [2.05, 4.69) is 10.2 Å². The number of nitrogens with zero attached hydrogens (tertiary/aromatic N) is 3. The van der Waals surface area contributed by atoms with Gasteiger partial charge in [-0.1, -0.05) is 30.0 Å². The van der Waals surface area contributed by atoms with E-state index in [1.165, 1.54) is 17.8 Å². The third-order valence-electron chi connectivity index (χ3n) is 3.28. The third kappa shape index (κ3) is 3.54. The zero-order valence-electron chi connectivity index (χ0n) is 12.7. The first-order valence-electron chi connectivity index (χ1n) is 7.00. The molecule has 1 aromatic heterocycles. The van der Waals surface area contributed by atoms with E-state index in [0.29, 0.717) is 22.4 Å². The van der Waals surface area contributed by atoms with Gasteiger partial charge in [0.15, 0.2) is 0 Å². The first kappa shape index (κ1) is 16.0. The molecule has 0 atom stereocenters. The van der Waals surface area contributed by atoms with E-state index in [9.17, 15) is 10.1 Å². The lowest BCUT2D eigenvalue weighted by molar-refractivity contribution is -0.385. The number of rotatable bonds is 6. The van der Waals surface area contributed by atoms with Crippen molar-refractivity contribution in [1.29, 1.82) is 0 Å². The largest absolute Gasteiger partial charge is 0.497 e. The van der Waals surface area contributed by atoms with Crippen LogP contribution in [0.4, 0.5) is 5.69 Å². The van der Waals surface area contributed by atoms with Crippen molar-refractivity contribution in [3.05, 3.63) is 64.2 Å². The van der Waals surface area contributed by atoms with Crippen molar-refractivity contribution in [3.8, 4) is 17.2 Å². The van der Waals surface area contributed by atoms with Gasteiger partial charge in [0.25, 0.3) is 10.9 Å². The molecule has 2 aromatic carbocycles. The van der Waals surface area contributed by atoms with Gasteiger partial charge in [-0.05, 0) is 24.3 Å². The minimum absolute atomic E-state index is 0.0832. The summed E-state index contributed by atoms with van der Waals surface area (Å²) in [6.45, 7) is 0. The summed E-state index contributed by atoms with van der Waals surface area (Å²) in [4.78, 5) is 10.6. The van der Waals surface area contributed by atoms with Crippen molar-refractivity contribution >= 4 is 17.4 Å². The number of hydrogen-bond acceptors (Lipinski definition) is 7. The predicted octanol–water partition coefficient (Wildman–Crippen LogP) is 3.95. The summed E-state index contributed by atoms with van der Waals surface area (Å²) in [6.07, 6.45) is 0. The maximum Gasteiger partial charge on any atom is 0.277 e. The smallest absolute Gasteiger partial charge is 0.277 e. The van der Waals surface area contributed by atoms with E-state index in [0.717, 1.165) is 11.3 Å². The Kier molecular flexibility index (Phi) is 4.76. The van der Waals surface area contributed by atoms with E-state index in [-0.39, 0.29) is 5.69 Å². The fraction of sp³-hybridized carbons (Fsp3) is 0.125. The Morgan fingerprint density at radius 2 is 1.92 bits per heavy atom. The van der Waals surface area contributed by atoms with E-state index in [4.69, 9.17) is 9.15 Å². The zero-order chi connectivity index (χ0) is 16.9. The highest BCUT2D eigenvalue weighted by molar-refractivity contribution is 7.98. The highest BCUT2D eigenvalue weighted by Crippen LogP contribution is 2.29. The average molecular weight is 343 g/mol. The number of nitro benzene ring substituents is 1. The second kappa shape index (κ2) is 7.14. The van der Waals surface area contributed by atoms with Crippen LogP contribution in [0.15, 0.2) is 58.2 Å². The summed E-state index contributed by atoms with van der Waals surface area (Å²) in [5.41, 5.74) is 1.47. The molecule has 0 N–H and O–H groups in total. The normalized spacial score (nSPS) is 10.5. The molecule has 8 heteroatoms. The van der Waals surface area contributed by atoms with Gasteiger partial charge in [-0.2, -0.15) is 0 Å². The molecule has 0 bridgehead atoms. The Labute approximate surface area is 141 Å². The predicted molar refractivity (Wildman–Crippen MR) is 88.9 cm³/mol. The molecule has 0 saturated carbocycles. The van der Waals surface area contributed by atoms with Crippen molar-refractivity contribution < 1.29 is 14.1 Å². The molecule has 0 aliphatic heterocycles. The van der Waals surface area contributed by atoms with Gasteiger partial charge in [0, 0.05) is 22.9 Å². The summed E-state index contributed by atoms with van der Waals surface area (Å²) < 4.78 is 10.7. The fourth-order valence-electron chi connectivity index (χ4n) is 2.07. The first-order valence-corrected chi connectivity index (χ1v) is 7.99. The number of aromatic nitrogens is 2. The van der Waals surface area contributed by atoms with Crippen LogP contribution in [0.1, 0.15) is 5.56 Å². The monoisotopic (exact) mass is 343 g/mol. The Balaban J connectivity index is 1.71. The van der Waals surface area contributed by atoms with Crippen LogP contribution in [0, 0.1) is 10.1 Å². The summed E-state index contributed by atoms with van der Waals surface area (Å²) in [6, 6.07) is 13.9. The number of methoxy groups -OCH3 is 1. The first-order chi connectivity index (χ1) is 11.7. The number of benzene rings is 2. The lowest BCUT2D eigenvalue weighted by Crippen LogP contribution is -1.93. The van der Waals surface area contributed by atoms with E-state index >= 15 is 0 Å². The topological polar surface area (TPSA) is 91.3 Å². The molecule has 0 aliphatic carbocycles. The number of ether oxygens (including phenoxy) is 1. The minimum Gasteiger partial charge on any atom is -0.497 e. The Morgan fingerprint density at radius 3 is 2.62 bits per heavy atom. The molecule has 3 aromatic rings. The Hall–Kier alpha value is -2.87. The molecule has 1 heterocycles. The lowest BCUT2D eigenvalue weighted by atomic mass is 10.2. The average Bonchev–Trinajstić information content (AvgIpc) is 3.09. The molecule has 3 rings (SSSR count). The number of thioether (sulfide) groups is 1. The molecule has 0 aliphatic rings. The molecule has 0 radical (unpaired) electrons. The second-order valence-corrected chi connectivity index (χ2v) is 5.70. The van der Waals surface area contributed by atoms with Gasteiger partial charge < -0.3 is 9.15 Å². The fourth-order valence-corrected chi connectivity index (χ4v) is 2.83. The SMILES string of the molecule is COc1ccc(-c2nnc(SCc3ccccc3[N+](=O)[O-])o2)cc1. The summed E-state index contributed by atoms with van der Waals surface area (Å²) in [5, 5.41) is 19.3. The van der Waals surface area contributed by atoms with Crippen LogP contribution < -0.4 is 4.74 Å². The molecule has 0 spiro atoms. The van der Waals surface area contributed by atoms with E-state index < -0.39 is 4.92 Å². The molecule has 24 heavy (non-hydrogen) atoms. The van der Waals surface area contributed by atoms with Gasteiger partial charge in [-0.15, -0.1) is 10.2 Å². The molecular weight excluding hydrogens is 330 g/mol. The molecular formula is C16H13N3O4S. The number of para-hydroxylation sites is 1. The van der Waals surface area contributed by atoms with Crippen molar-refractivity contribution in [2.75, 3.05) is 7.11 Å². The summed E-state index contributed by atoms with van der Waals surface area (Å²) >= 11 is 1.26. The Morgan fingerprint density at radius 1 is 1.17 bits per heavy atom. The summed E-state index contributed by atoms with van der Waals surface area (Å²) in [5.74, 6) is 1.51. The number of nitro groups is 1. The summed E-state index contributed by atoms with van der Waals surface area (Å²) in [7, 11) is 1.60. The van der Waals surface area contributed by atoms with Gasteiger partial charge in [0.05, 0.1) is 12.0 Å². The highest BCUT2D eigenvalue weighted by Gasteiger charge is 2.15. The van der Waals surface area contributed by atoms with E-state index in [1.54, 1.807) is 37.4 Å². The van der Waals surface area contributed by atoms with Crippen LogP contribution in [0.5, 0.6) is 5.75 Å². The van der Waals surface area contributed by atoms with Gasteiger partial charge in [0.1, 0.15) is 5.75 Å². The van der Waals surface area contributed by atoms with Crippen LogP contribution in [-0.4, -0.2) is 22.2 Å². The molecule has 122 valence electrons. The van der Waals surface area contributed by atoms with Crippen LogP contribution in [-0.2, 0) is 5.75 Å². The number of hydrogen-bond donors (Lipinski definition) is 0. The van der Waals surface area contributed by atoms with E-state index in [1.807, 2.05) is 12.1 Å². The Bertz CT molecular complexity index is 849. The lowest BCUT2D eigenvalue weighted by Gasteiger charge is -2.00. The van der Waals surface area contributed by atoms with Crippen LogP contribution >= 0.6 is 11.8 Å². The van der Waals surface area contributed by atoms with Crippen LogP contribution in [0.25, 0.3) is 11.5 Å². The molecule has 0 amide bonds. The van der Waals surface area contributed by atoms with Crippen molar-refractivity contribution in [2.24, 2.45) is 0 Å². The molecule has 0 fully saturated rings. The third-order valence-corrected chi connectivity index (χ3v) is 4.15. The standard InChI is InChI=1S/C16H13N3O4S/c1-22-13-8-6-11(7-9-13)15-17-18-16(23-15)24-10-12-4-2-3-5-14(12)19(20)21/h2-9H,10H2,1H3. The highest BCUT2D eigenvalue weighted by atomic mass is 32.2. The van der Waals surface area contributed by atoms with Gasteiger partial charge in [-0.3, -0.25) is 10.1 Å². The van der Waals surface area contributed by atoms with Crippen molar-refractivity contribution in [2.45, 2.75) is 11.0 Å². The van der Waals surface area contributed by atoms with Gasteiger partial charge in [0.2, 0.25) is 5.89 Å². The zero-order valence-corrected chi connectivity index (χ0v) is 13.5. The van der Waals surface area contributed by atoms with Gasteiger partial charge >= 0.3 is 0 Å². The molecule has 7 nitrogen and oxygen atoms in total. The second-order valence-electron chi connectivity index (χ2n) is 4.78. The van der Waals surface area contributed by atoms with Crippen molar-refractivity contribution in [3.63, 3.8) is 0 Å². The molecule has 0 unspecified atom stereocenters. The maximum atomic E-state index is 11.0. The van der Waals surface area contributed by atoms with Crippen molar-refractivity contribution in [1.82, 2.24) is 10.2 Å². The van der Waals surface area contributed by atoms with Crippen LogP contribution in [0.3, 0.4) is 0 Å².